The standard InChI is InChI=1S/C7H14O2.CH4O/c8-5-6-2-1-3-7(9)4-6;1-2/h6-9H,1-5H2;2H,1H3. The van der Waals surface area contributed by atoms with E-state index in [1.807, 2.05) is 0 Å². The lowest BCUT2D eigenvalue weighted by Gasteiger charge is -2.23. The molecule has 2 unspecified atom stereocenters. The third-order valence-electron chi connectivity index (χ3n) is 2.01. The summed E-state index contributed by atoms with van der Waals surface area (Å²) in [4.78, 5) is 0. The first-order valence-corrected chi connectivity index (χ1v) is 4.06. The predicted octanol–water partition coefficient (Wildman–Crippen LogP) is 0.138. The molecule has 3 heteroatoms. The van der Waals surface area contributed by atoms with Crippen molar-refractivity contribution in [3.05, 3.63) is 0 Å². The first kappa shape index (κ1) is 10.9. The Morgan fingerprint density at radius 3 is 2.27 bits per heavy atom. The highest BCUT2D eigenvalue weighted by atomic mass is 16.3. The van der Waals surface area contributed by atoms with Gasteiger partial charge in [0.05, 0.1) is 6.10 Å². The van der Waals surface area contributed by atoms with Crippen LogP contribution in [-0.2, 0) is 0 Å². The third-order valence-corrected chi connectivity index (χ3v) is 2.01. The van der Waals surface area contributed by atoms with Gasteiger partial charge in [-0.25, -0.2) is 0 Å². The lowest BCUT2D eigenvalue weighted by atomic mass is 9.88. The molecule has 3 N–H and O–H groups in total. The van der Waals surface area contributed by atoms with Gasteiger partial charge in [0.25, 0.3) is 0 Å². The molecule has 0 heterocycles. The molecule has 0 saturated heterocycles. The average molecular weight is 162 g/mol. The van der Waals surface area contributed by atoms with Gasteiger partial charge in [0.15, 0.2) is 0 Å². The van der Waals surface area contributed by atoms with Crippen molar-refractivity contribution in [2.75, 3.05) is 13.7 Å². The summed E-state index contributed by atoms with van der Waals surface area (Å²) in [5, 5.41) is 24.8. The van der Waals surface area contributed by atoms with Crippen molar-refractivity contribution < 1.29 is 15.3 Å². The first-order chi connectivity index (χ1) is 5.33. The van der Waals surface area contributed by atoms with Crippen LogP contribution in [0.4, 0.5) is 0 Å². The van der Waals surface area contributed by atoms with Crippen LogP contribution < -0.4 is 0 Å². The third kappa shape index (κ3) is 4.35. The van der Waals surface area contributed by atoms with Crippen molar-refractivity contribution in [1.29, 1.82) is 0 Å². The highest BCUT2D eigenvalue weighted by Crippen LogP contribution is 2.23. The van der Waals surface area contributed by atoms with Crippen LogP contribution >= 0.6 is 0 Å². The van der Waals surface area contributed by atoms with E-state index >= 15 is 0 Å². The van der Waals surface area contributed by atoms with Crippen molar-refractivity contribution in [3.63, 3.8) is 0 Å². The molecule has 0 spiro atoms. The van der Waals surface area contributed by atoms with Crippen LogP contribution in [0.15, 0.2) is 0 Å². The minimum Gasteiger partial charge on any atom is -0.400 e. The lowest BCUT2D eigenvalue weighted by molar-refractivity contribution is 0.0757. The molecule has 0 bridgehead atoms. The first-order valence-electron chi connectivity index (χ1n) is 4.06. The van der Waals surface area contributed by atoms with E-state index in [0.29, 0.717) is 5.92 Å². The summed E-state index contributed by atoms with van der Waals surface area (Å²) in [6.45, 7) is 0.247. The van der Waals surface area contributed by atoms with Gasteiger partial charge < -0.3 is 15.3 Å². The molecule has 1 aliphatic carbocycles. The molecule has 3 nitrogen and oxygen atoms in total. The molecule has 1 aliphatic rings. The zero-order valence-electron chi connectivity index (χ0n) is 7.03. The van der Waals surface area contributed by atoms with E-state index in [4.69, 9.17) is 15.3 Å². The second-order valence-corrected chi connectivity index (χ2v) is 2.87. The summed E-state index contributed by atoms with van der Waals surface area (Å²) in [7, 11) is 1.00. The SMILES string of the molecule is CO.OCC1CCCC(O)C1. The van der Waals surface area contributed by atoms with E-state index in [1.54, 1.807) is 0 Å². The van der Waals surface area contributed by atoms with Crippen LogP contribution in [-0.4, -0.2) is 35.1 Å². The lowest BCUT2D eigenvalue weighted by Crippen LogP contribution is -2.21. The van der Waals surface area contributed by atoms with Crippen molar-refractivity contribution in [2.24, 2.45) is 5.92 Å². The van der Waals surface area contributed by atoms with Crippen LogP contribution in [0.1, 0.15) is 25.7 Å². The van der Waals surface area contributed by atoms with E-state index in [1.165, 1.54) is 0 Å². The Morgan fingerprint density at radius 2 is 1.91 bits per heavy atom. The molecular weight excluding hydrogens is 144 g/mol. The van der Waals surface area contributed by atoms with Crippen molar-refractivity contribution in [2.45, 2.75) is 31.8 Å². The fourth-order valence-electron chi connectivity index (χ4n) is 1.43. The molecule has 1 fully saturated rings. The molecule has 11 heavy (non-hydrogen) atoms. The van der Waals surface area contributed by atoms with Crippen molar-refractivity contribution in [1.82, 2.24) is 0 Å². The Labute approximate surface area is 67.7 Å². The van der Waals surface area contributed by atoms with Gasteiger partial charge in [-0.05, 0) is 25.2 Å². The molecule has 0 aromatic rings. The minimum atomic E-state index is -0.143. The summed E-state index contributed by atoms with van der Waals surface area (Å²) in [6.07, 6.45) is 3.75. The zero-order valence-corrected chi connectivity index (χ0v) is 7.03. The fraction of sp³-hybridized carbons (Fsp3) is 1.00. The van der Waals surface area contributed by atoms with Gasteiger partial charge in [0, 0.05) is 13.7 Å². The fourth-order valence-corrected chi connectivity index (χ4v) is 1.43. The van der Waals surface area contributed by atoms with Crippen molar-refractivity contribution in [3.8, 4) is 0 Å². The molecule has 0 aliphatic heterocycles. The summed E-state index contributed by atoms with van der Waals surface area (Å²) in [5.41, 5.74) is 0. The quantitative estimate of drug-likeness (QED) is 0.514. The number of aliphatic hydroxyl groups is 3. The van der Waals surface area contributed by atoms with E-state index in [-0.39, 0.29) is 12.7 Å². The molecule has 0 aromatic heterocycles. The highest BCUT2D eigenvalue weighted by Gasteiger charge is 2.18. The summed E-state index contributed by atoms with van der Waals surface area (Å²) in [5.74, 6) is 0.369. The van der Waals surface area contributed by atoms with Crippen LogP contribution in [0, 0.1) is 5.92 Å². The topological polar surface area (TPSA) is 60.7 Å². The molecule has 1 rings (SSSR count). The molecule has 2 atom stereocenters. The van der Waals surface area contributed by atoms with Gasteiger partial charge in [-0.1, -0.05) is 6.42 Å². The molecule has 0 radical (unpaired) electrons. The van der Waals surface area contributed by atoms with Gasteiger partial charge in [0.2, 0.25) is 0 Å². The number of aliphatic hydroxyl groups excluding tert-OH is 3. The normalized spacial score (nSPS) is 30.5. The number of rotatable bonds is 1. The van der Waals surface area contributed by atoms with Crippen LogP contribution in [0.2, 0.25) is 0 Å². The zero-order chi connectivity index (χ0) is 8.69. The van der Waals surface area contributed by atoms with Crippen LogP contribution in [0.3, 0.4) is 0 Å². The Hall–Kier alpha value is -0.120. The van der Waals surface area contributed by atoms with Gasteiger partial charge in [-0.2, -0.15) is 0 Å². The van der Waals surface area contributed by atoms with E-state index in [9.17, 15) is 0 Å². The average Bonchev–Trinajstić information content (AvgIpc) is 2.08. The maximum absolute atomic E-state index is 9.10. The molecule has 1 saturated carbocycles. The Bertz CT molecular complexity index is 85.4. The van der Waals surface area contributed by atoms with Crippen LogP contribution in [0.5, 0.6) is 0 Å². The maximum atomic E-state index is 9.10. The molecular formula is C8H18O3. The van der Waals surface area contributed by atoms with E-state index in [0.717, 1.165) is 32.8 Å². The predicted molar refractivity (Wildman–Crippen MR) is 43.2 cm³/mol. The number of hydrogen-bond acceptors (Lipinski definition) is 3. The van der Waals surface area contributed by atoms with E-state index < -0.39 is 0 Å². The summed E-state index contributed by atoms with van der Waals surface area (Å²) >= 11 is 0. The molecule has 0 amide bonds. The largest absolute Gasteiger partial charge is 0.400 e. The van der Waals surface area contributed by atoms with Crippen molar-refractivity contribution >= 4 is 0 Å². The van der Waals surface area contributed by atoms with Gasteiger partial charge in [-0.15, -0.1) is 0 Å². The number of hydrogen-bond donors (Lipinski definition) is 3. The highest BCUT2D eigenvalue weighted by molar-refractivity contribution is 4.70. The second-order valence-electron chi connectivity index (χ2n) is 2.87. The second kappa shape index (κ2) is 6.58. The monoisotopic (exact) mass is 162 g/mol. The smallest absolute Gasteiger partial charge is 0.0543 e. The molecule has 0 aromatic carbocycles. The van der Waals surface area contributed by atoms with Gasteiger partial charge in [-0.3, -0.25) is 0 Å². The van der Waals surface area contributed by atoms with Gasteiger partial charge in [0.1, 0.15) is 0 Å². The Morgan fingerprint density at radius 1 is 1.27 bits per heavy atom. The Kier molecular flexibility index (Phi) is 6.51. The molecule has 68 valence electrons. The maximum Gasteiger partial charge on any atom is 0.0543 e. The van der Waals surface area contributed by atoms with E-state index in [2.05, 4.69) is 0 Å². The van der Waals surface area contributed by atoms with Crippen LogP contribution in [0.25, 0.3) is 0 Å². The van der Waals surface area contributed by atoms with Gasteiger partial charge >= 0.3 is 0 Å². The Balaban J connectivity index is 0.000000461. The summed E-state index contributed by atoms with van der Waals surface area (Å²) in [6, 6.07) is 0. The minimum absolute atomic E-state index is 0.143. The summed E-state index contributed by atoms with van der Waals surface area (Å²) < 4.78 is 0.